The number of hydrogen-bond donors (Lipinski definition) is 1. The first-order valence-corrected chi connectivity index (χ1v) is 7.39. The molecule has 1 aromatic rings. The lowest BCUT2D eigenvalue weighted by atomic mass is 10.2. The van der Waals surface area contributed by atoms with Crippen LogP contribution in [-0.2, 0) is 4.79 Å². The fourth-order valence-corrected chi connectivity index (χ4v) is 2.65. The Labute approximate surface area is 126 Å². The summed E-state index contributed by atoms with van der Waals surface area (Å²) in [5.74, 6) is 0.863. The van der Waals surface area contributed by atoms with E-state index in [1.165, 1.54) is 0 Å². The molecule has 1 heterocycles. The Morgan fingerprint density at radius 1 is 1.43 bits per heavy atom. The quantitative estimate of drug-likeness (QED) is 0.849. The number of aliphatic hydroxyl groups is 1. The van der Waals surface area contributed by atoms with E-state index in [0.717, 1.165) is 25.1 Å². The Morgan fingerprint density at radius 2 is 2.14 bits per heavy atom. The van der Waals surface area contributed by atoms with Gasteiger partial charge >= 0.3 is 0 Å². The average molecular weight is 292 g/mol. The van der Waals surface area contributed by atoms with E-state index in [1.54, 1.807) is 19.0 Å². The van der Waals surface area contributed by atoms with Crippen LogP contribution in [0.4, 0.5) is 0 Å². The van der Waals surface area contributed by atoms with E-state index in [1.807, 2.05) is 30.3 Å². The standard InChI is InChI=1S/C16H24N2O3/c1-17(2)16(20)15-9-6-10-18(15)11-13(19)12-21-14-7-4-3-5-8-14/h3-5,7-8,13,15,19H,6,9-12H2,1-2H3. The van der Waals surface area contributed by atoms with Gasteiger partial charge in [0.25, 0.3) is 0 Å². The van der Waals surface area contributed by atoms with Crippen LogP contribution in [0.25, 0.3) is 0 Å². The predicted octanol–water partition coefficient (Wildman–Crippen LogP) is 0.979. The van der Waals surface area contributed by atoms with Crippen molar-refractivity contribution in [3.8, 4) is 5.75 Å². The summed E-state index contributed by atoms with van der Waals surface area (Å²) in [6.07, 6.45) is 1.26. The number of likely N-dealkylation sites (N-methyl/N-ethyl adjacent to an activating group) is 1. The molecule has 0 bridgehead atoms. The van der Waals surface area contributed by atoms with E-state index in [9.17, 15) is 9.90 Å². The summed E-state index contributed by atoms with van der Waals surface area (Å²) in [6, 6.07) is 9.33. The number of carbonyl (C=O) groups excluding carboxylic acids is 1. The first-order chi connectivity index (χ1) is 10.1. The molecule has 0 radical (unpaired) electrons. The van der Waals surface area contributed by atoms with Crippen LogP contribution in [0.1, 0.15) is 12.8 Å². The van der Waals surface area contributed by atoms with E-state index in [0.29, 0.717) is 6.54 Å². The number of amides is 1. The molecule has 1 aliphatic heterocycles. The minimum atomic E-state index is -0.597. The van der Waals surface area contributed by atoms with Crippen LogP contribution in [0, 0.1) is 0 Å². The van der Waals surface area contributed by atoms with Gasteiger partial charge in [0, 0.05) is 20.6 Å². The maximum Gasteiger partial charge on any atom is 0.239 e. The number of nitrogens with zero attached hydrogens (tertiary/aromatic N) is 2. The van der Waals surface area contributed by atoms with E-state index in [2.05, 4.69) is 4.90 Å². The SMILES string of the molecule is CN(C)C(=O)C1CCCN1CC(O)COc1ccccc1. The lowest BCUT2D eigenvalue weighted by molar-refractivity contribution is -0.133. The van der Waals surface area contributed by atoms with Gasteiger partial charge in [-0.3, -0.25) is 9.69 Å². The van der Waals surface area contributed by atoms with E-state index in [-0.39, 0.29) is 18.6 Å². The molecule has 5 nitrogen and oxygen atoms in total. The number of para-hydroxylation sites is 1. The van der Waals surface area contributed by atoms with Crippen LogP contribution in [0.5, 0.6) is 5.75 Å². The number of carbonyl (C=O) groups is 1. The zero-order valence-electron chi connectivity index (χ0n) is 12.7. The second-order valence-electron chi connectivity index (χ2n) is 5.66. The molecule has 5 heteroatoms. The zero-order valence-corrected chi connectivity index (χ0v) is 12.7. The summed E-state index contributed by atoms with van der Waals surface area (Å²) in [5.41, 5.74) is 0. The van der Waals surface area contributed by atoms with Gasteiger partial charge in [-0.25, -0.2) is 0 Å². The molecular weight excluding hydrogens is 268 g/mol. The highest BCUT2D eigenvalue weighted by atomic mass is 16.5. The van der Waals surface area contributed by atoms with E-state index < -0.39 is 6.10 Å². The van der Waals surface area contributed by atoms with Crippen LogP contribution < -0.4 is 4.74 Å². The molecule has 0 aromatic heterocycles. The smallest absolute Gasteiger partial charge is 0.239 e. The summed E-state index contributed by atoms with van der Waals surface area (Å²) in [5, 5.41) is 10.1. The van der Waals surface area contributed by atoms with Crippen molar-refractivity contribution >= 4 is 5.91 Å². The largest absolute Gasteiger partial charge is 0.491 e. The van der Waals surface area contributed by atoms with Crippen molar-refractivity contribution in [2.45, 2.75) is 25.0 Å². The first-order valence-electron chi connectivity index (χ1n) is 7.39. The molecule has 2 unspecified atom stereocenters. The second-order valence-corrected chi connectivity index (χ2v) is 5.66. The summed E-state index contributed by atoms with van der Waals surface area (Å²) in [6.45, 7) is 1.56. The van der Waals surface area contributed by atoms with Crippen molar-refractivity contribution in [1.29, 1.82) is 0 Å². The highest BCUT2D eigenvalue weighted by Crippen LogP contribution is 2.19. The number of ether oxygens (including phenoxy) is 1. The predicted molar refractivity (Wildman–Crippen MR) is 81.2 cm³/mol. The molecule has 1 aromatic carbocycles. The van der Waals surface area contributed by atoms with Crippen LogP contribution >= 0.6 is 0 Å². The van der Waals surface area contributed by atoms with Gasteiger partial charge in [-0.05, 0) is 31.5 Å². The minimum Gasteiger partial charge on any atom is -0.491 e. The van der Waals surface area contributed by atoms with Crippen molar-refractivity contribution in [2.24, 2.45) is 0 Å². The van der Waals surface area contributed by atoms with Gasteiger partial charge < -0.3 is 14.7 Å². The fourth-order valence-electron chi connectivity index (χ4n) is 2.65. The minimum absolute atomic E-state index is 0.105. The Balaban J connectivity index is 1.81. The van der Waals surface area contributed by atoms with Gasteiger partial charge in [0.2, 0.25) is 5.91 Å². The first kappa shape index (κ1) is 15.8. The van der Waals surface area contributed by atoms with Crippen LogP contribution in [0.3, 0.4) is 0 Å². The summed E-state index contributed by atoms with van der Waals surface area (Å²) in [7, 11) is 3.54. The third kappa shape index (κ3) is 4.44. The number of likely N-dealkylation sites (tertiary alicyclic amines) is 1. The molecular formula is C16H24N2O3. The number of aliphatic hydroxyl groups excluding tert-OH is 1. The maximum atomic E-state index is 12.1. The molecule has 116 valence electrons. The second kappa shape index (κ2) is 7.43. The molecule has 1 fully saturated rings. The monoisotopic (exact) mass is 292 g/mol. The Kier molecular flexibility index (Phi) is 5.59. The molecule has 0 spiro atoms. The summed E-state index contributed by atoms with van der Waals surface area (Å²) >= 11 is 0. The molecule has 1 amide bonds. The van der Waals surface area contributed by atoms with Gasteiger partial charge in [-0.1, -0.05) is 18.2 Å². The van der Waals surface area contributed by atoms with E-state index >= 15 is 0 Å². The Bertz CT molecular complexity index is 450. The molecule has 1 saturated heterocycles. The van der Waals surface area contributed by atoms with Crippen molar-refractivity contribution in [3.05, 3.63) is 30.3 Å². The molecule has 21 heavy (non-hydrogen) atoms. The normalized spacial score (nSPS) is 20.2. The van der Waals surface area contributed by atoms with E-state index in [4.69, 9.17) is 4.74 Å². The third-order valence-electron chi connectivity index (χ3n) is 3.72. The lowest BCUT2D eigenvalue weighted by Crippen LogP contribution is -2.46. The fraction of sp³-hybridized carbons (Fsp3) is 0.562. The lowest BCUT2D eigenvalue weighted by Gasteiger charge is -2.27. The summed E-state index contributed by atoms with van der Waals surface area (Å²) < 4.78 is 5.55. The Morgan fingerprint density at radius 3 is 2.81 bits per heavy atom. The highest BCUT2D eigenvalue weighted by Gasteiger charge is 2.32. The average Bonchev–Trinajstić information content (AvgIpc) is 2.93. The highest BCUT2D eigenvalue weighted by molar-refractivity contribution is 5.81. The molecule has 0 saturated carbocycles. The summed E-state index contributed by atoms with van der Waals surface area (Å²) in [4.78, 5) is 15.8. The zero-order chi connectivity index (χ0) is 15.2. The van der Waals surface area contributed by atoms with Crippen LogP contribution in [0.2, 0.25) is 0 Å². The topological polar surface area (TPSA) is 53.0 Å². The van der Waals surface area contributed by atoms with Crippen molar-refractivity contribution in [3.63, 3.8) is 0 Å². The van der Waals surface area contributed by atoms with Crippen molar-refractivity contribution in [1.82, 2.24) is 9.80 Å². The third-order valence-corrected chi connectivity index (χ3v) is 3.72. The Hall–Kier alpha value is -1.59. The number of rotatable bonds is 6. The van der Waals surface area contributed by atoms with Crippen molar-refractivity contribution < 1.29 is 14.6 Å². The molecule has 2 rings (SSSR count). The number of hydrogen-bond acceptors (Lipinski definition) is 4. The molecule has 1 N–H and O–H groups in total. The number of benzene rings is 1. The van der Waals surface area contributed by atoms with Gasteiger partial charge in [-0.2, -0.15) is 0 Å². The van der Waals surface area contributed by atoms with Gasteiger partial charge in [0.1, 0.15) is 18.5 Å². The number of β-amino-alcohol motifs (C(OH)–C–C–N with tert-alkyl or cyclic N) is 1. The van der Waals surface area contributed by atoms with Crippen LogP contribution in [0.15, 0.2) is 30.3 Å². The maximum absolute atomic E-state index is 12.1. The van der Waals surface area contributed by atoms with Gasteiger partial charge in [0.15, 0.2) is 0 Å². The van der Waals surface area contributed by atoms with Crippen molar-refractivity contribution in [2.75, 3.05) is 33.8 Å². The van der Waals surface area contributed by atoms with Gasteiger partial charge in [0.05, 0.1) is 6.04 Å². The van der Waals surface area contributed by atoms with Crippen LogP contribution in [-0.4, -0.2) is 66.8 Å². The molecule has 1 aliphatic rings. The molecule has 2 atom stereocenters. The van der Waals surface area contributed by atoms with Gasteiger partial charge in [-0.15, -0.1) is 0 Å². The molecule has 0 aliphatic carbocycles.